The van der Waals surface area contributed by atoms with Crippen LogP contribution < -0.4 is 11.1 Å². The predicted octanol–water partition coefficient (Wildman–Crippen LogP) is 2.44. The topological polar surface area (TPSA) is 77.2 Å². The zero-order chi connectivity index (χ0) is 13.9. The molecular formula is C14H21N3O2. The molecule has 1 saturated carbocycles. The van der Waals surface area contributed by atoms with Gasteiger partial charge in [0.1, 0.15) is 11.4 Å². The van der Waals surface area contributed by atoms with Crippen molar-refractivity contribution in [3.63, 3.8) is 0 Å². The summed E-state index contributed by atoms with van der Waals surface area (Å²) in [5, 5.41) is 3.27. The fourth-order valence-electron chi connectivity index (χ4n) is 2.59. The summed E-state index contributed by atoms with van der Waals surface area (Å²) < 4.78 is 4.75. The lowest BCUT2D eigenvalue weighted by Gasteiger charge is -2.24. The number of methoxy groups -OCH3 is 1. The lowest BCUT2D eigenvalue weighted by molar-refractivity contribution is 0.0601. The van der Waals surface area contributed by atoms with Gasteiger partial charge in [-0.05, 0) is 24.3 Å². The molecule has 1 aliphatic rings. The first kappa shape index (κ1) is 13.6. The van der Waals surface area contributed by atoms with Crippen LogP contribution in [0.2, 0.25) is 0 Å². The number of hydrogen-bond donors (Lipinski definition) is 2. The van der Waals surface area contributed by atoms with Crippen LogP contribution in [0.25, 0.3) is 0 Å². The Kier molecular flexibility index (Phi) is 3.93. The second-order valence-corrected chi connectivity index (χ2v) is 5.53. The van der Waals surface area contributed by atoms with Crippen LogP contribution in [-0.4, -0.2) is 24.6 Å². The zero-order valence-corrected chi connectivity index (χ0v) is 11.5. The van der Waals surface area contributed by atoms with Gasteiger partial charge < -0.3 is 15.8 Å². The molecular weight excluding hydrogens is 242 g/mol. The molecule has 5 nitrogen and oxygen atoms in total. The number of carbonyl (C=O) groups is 1. The molecule has 104 valence electrons. The van der Waals surface area contributed by atoms with Crippen LogP contribution in [0.15, 0.2) is 12.3 Å². The summed E-state index contributed by atoms with van der Waals surface area (Å²) in [5.41, 5.74) is 6.80. The second-order valence-electron chi connectivity index (χ2n) is 5.53. The highest BCUT2D eigenvalue weighted by Crippen LogP contribution is 2.37. The predicted molar refractivity (Wildman–Crippen MR) is 75.1 cm³/mol. The zero-order valence-electron chi connectivity index (χ0n) is 11.5. The molecule has 0 bridgehead atoms. The molecule has 19 heavy (non-hydrogen) atoms. The van der Waals surface area contributed by atoms with Gasteiger partial charge in [-0.25, -0.2) is 9.78 Å². The molecule has 0 amide bonds. The third-order valence-electron chi connectivity index (χ3n) is 3.81. The Bertz CT molecular complexity index is 468. The molecule has 0 unspecified atom stereocenters. The summed E-state index contributed by atoms with van der Waals surface area (Å²) in [6.45, 7) is 3.08. The van der Waals surface area contributed by atoms with Crippen LogP contribution in [-0.2, 0) is 4.74 Å². The van der Waals surface area contributed by atoms with Crippen molar-refractivity contribution < 1.29 is 9.53 Å². The maximum absolute atomic E-state index is 11.7. The van der Waals surface area contributed by atoms with Crippen molar-refractivity contribution in [1.29, 1.82) is 0 Å². The molecule has 1 fully saturated rings. The Morgan fingerprint density at radius 2 is 2.21 bits per heavy atom. The number of hydrogen-bond acceptors (Lipinski definition) is 5. The summed E-state index contributed by atoms with van der Waals surface area (Å²) in [7, 11) is 1.35. The minimum absolute atomic E-state index is 0.288. The summed E-state index contributed by atoms with van der Waals surface area (Å²) in [4.78, 5) is 15.9. The molecule has 2 rings (SSSR count). The third kappa shape index (κ3) is 3.16. The number of nitrogens with zero attached hydrogens (tertiary/aromatic N) is 1. The normalized spacial score (nSPS) is 17.2. The quantitative estimate of drug-likeness (QED) is 0.816. The number of aromatic nitrogens is 1. The summed E-state index contributed by atoms with van der Waals surface area (Å²) >= 11 is 0. The van der Waals surface area contributed by atoms with Gasteiger partial charge in [0, 0.05) is 6.54 Å². The monoisotopic (exact) mass is 263 g/mol. The average Bonchev–Trinajstić information content (AvgIpc) is 2.83. The van der Waals surface area contributed by atoms with Crippen molar-refractivity contribution in [3.05, 3.63) is 17.8 Å². The van der Waals surface area contributed by atoms with E-state index in [4.69, 9.17) is 10.5 Å². The molecule has 1 heterocycles. The van der Waals surface area contributed by atoms with E-state index in [9.17, 15) is 4.79 Å². The van der Waals surface area contributed by atoms with E-state index < -0.39 is 5.97 Å². The fraction of sp³-hybridized carbons (Fsp3) is 0.571. The van der Waals surface area contributed by atoms with Crippen molar-refractivity contribution in [2.24, 2.45) is 5.41 Å². The molecule has 5 heteroatoms. The number of pyridine rings is 1. The Morgan fingerprint density at radius 1 is 1.53 bits per heavy atom. The molecule has 1 aliphatic carbocycles. The second kappa shape index (κ2) is 5.47. The maximum Gasteiger partial charge on any atom is 0.341 e. The van der Waals surface area contributed by atoms with Gasteiger partial charge in [-0.1, -0.05) is 19.8 Å². The third-order valence-corrected chi connectivity index (χ3v) is 3.81. The number of nitrogen functional groups attached to an aromatic ring is 1. The molecule has 0 spiro atoms. The van der Waals surface area contributed by atoms with E-state index in [0.717, 1.165) is 6.54 Å². The lowest BCUT2D eigenvalue weighted by atomic mass is 9.89. The number of nitrogens with one attached hydrogen (secondary N) is 1. The fourth-order valence-corrected chi connectivity index (χ4v) is 2.59. The molecule has 0 saturated heterocycles. The first-order valence-corrected chi connectivity index (χ1v) is 6.62. The van der Waals surface area contributed by atoms with Crippen LogP contribution in [0.5, 0.6) is 0 Å². The van der Waals surface area contributed by atoms with Crippen LogP contribution in [0, 0.1) is 5.41 Å². The summed E-state index contributed by atoms with van der Waals surface area (Å²) in [6.07, 6.45) is 6.52. The van der Waals surface area contributed by atoms with Gasteiger partial charge in [0.15, 0.2) is 0 Å². The van der Waals surface area contributed by atoms with Crippen LogP contribution >= 0.6 is 0 Å². The van der Waals surface area contributed by atoms with Crippen molar-refractivity contribution in [1.82, 2.24) is 4.98 Å². The van der Waals surface area contributed by atoms with E-state index in [2.05, 4.69) is 17.2 Å². The highest BCUT2D eigenvalue weighted by molar-refractivity contribution is 5.95. The van der Waals surface area contributed by atoms with Crippen molar-refractivity contribution in [2.75, 3.05) is 24.7 Å². The van der Waals surface area contributed by atoms with Crippen molar-refractivity contribution in [2.45, 2.75) is 32.6 Å². The Balaban J connectivity index is 2.13. The number of rotatable bonds is 4. The SMILES string of the molecule is COC(=O)c1cc(N)cnc1NCC1(C)CCCC1. The van der Waals surface area contributed by atoms with E-state index in [-0.39, 0.29) is 5.41 Å². The van der Waals surface area contributed by atoms with Gasteiger partial charge in [0.2, 0.25) is 0 Å². The number of esters is 1. The minimum Gasteiger partial charge on any atom is -0.465 e. The average molecular weight is 263 g/mol. The molecule has 0 aliphatic heterocycles. The van der Waals surface area contributed by atoms with E-state index in [1.165, 1.54) is 32.8 Å². The molecule has 1 aromatic rings. The van der Waals surface area contributed by atoms with E-state index in [1.807, 2.05) is 0 Å². The summed E-state index contributed by atoms with van der Waals surface area (Å²) in [6, 6.07) is 1.60. The first-order chi connectivity index (χ1) is 9.04. The van der Waals surface area contributed by atoms with E-state index >= 15 is 0 Å². The first-order valence-electron chi connectivity index (χ1n) is 6.62. The van der Waals surface area contributed by atoms with Crippen LogP contribution in [0.3, 0.4) is 0 Å². The Labute approximate surface area is 113 Å². The lowest BCUT2D eigenvalue weighted by Crippen LogP contribution is -2.24. The number of anilines is 2. The molecule has 0 radical (unpaired) electrons. The minimum atomic E-state index is -0.418. The Morgan fingerprint density at radius 3 is 2.84 bits per heavy atom. The van der Waals surface area contributed by atoms with Crippen LogP contribution in [0.1, 0.15) is 43.0 Å². The Hall–Kier alpha value is -1.78. The van der Waals surface area contributed by atoms with Gasteiger partial charge in [-0.2, -0.15) is 0 Å². The number of carbonyl (C=O) groups excluding carboxylic acids is 1. The van der Waals surface area contributed by atoms with Gasteiger partial charge in [0.25, 0.3) is 0 Å². The maximum atomic E-state index is 11.7. The van der Waals surface area contributed by atoms with Crippen LogP contribution in [0.4, 0.5) is 11.5 Å². The van der Waals surface area contributed by atoms with E-state index in [0.29, 0.717) is 17.1 Å². The standard InChI is InChI=1S/C14H21N3O2/c1-14(5-3-4-6-14)9-17-12-11(13(18)19-2)7-10(15)8-16-12/h7-8H,3-6,9,15H2,1-2H3,(H,16,17). The smallest absolute Gasteiger partial charge is 0.341 e. The highest BCUT2D eigenvalue weighted by atomic mass is 16.5. The van der Waals surface area contributed by atoms with Gasteiger partial charge >= 0.3 is 5.97 Å². The largest absolute Gasteiger partial charge is 0.465 e. The van der Waals surface area contributed by atoms with Gasteiger partial charge in [-0.3, -0.25) is 0 Å². The van der Waals surface area contributed by atoms with E-state index in [1.54, 1.807) is 12.3 Å². The van der Waals surface area contributed by atoms with Gasteiger partial charge in [0.05, 0.1) is 19.0 Å². The number of ether oxygens (including phenoxy) is 1. The molecule has 0 aromatic carbocycles. The van der Waals surface area contributed by atoms with Crippen molar-refractivity contribution >= 4 is 17.5 Å². The molecule has 1 aromatic heterocycles. The van der Waals surface area contributed by atoms with Crippen molar-refractivity contribution in [3.8, 4) is 0 Å². The summed E-state index contributed by atoms with van der Waals surface area (Å²) in [5.74, 6) is 0.132. The highest BCUT2D eigenvalue weighted by Gasteiger charge is 2.29. The molecule has 3 N–H and O–H groups in total. The molecule has 0 atom stereocenters. The number of nitrogens with two attached hydrogens (primary N) is 1. The van der Waals surface area contributed by atoms with Gasteiger partial charge in [-0.15, -0.1) is 0 Å².